The van der Waals surface area contributed by atoms with E-state index in [4.69, 9.17) is 10.00 Å². The number of rotatable bonds is 8. The number of hydrogen-bond donors (Lipinski definition) is 0. The Labute approximate surface area is 177 Å². The smallest absolute Gasteiger partial charge is 0.0988 e. The maximum atomic E-state index is 9.16. The molecule has 0 aromatic rings. The highest BCUT2D eigenvalue weighted by molar-refractivity contribution is 5.36. The van der Waals surface area contributed by atoms with Crippen molar-refractivity contribution >= 4 is 6.72 Å². The highest BCUT2D eigenvalue weighted by atomic mass is 16.5. The zero-order chi connectivity index (χ0) is 21.7. The van der Waals surface area contributed by atoms with E-state index >= 15 is 0 Å². The lowest BCUT2D eigenvalue weighted by Gasteiger charge is -2.45. The molecule has 29 heavy (non-hydrogen) atoms. The van der Waals surface area contributed by atoms with Gasteiger partial charge in [0.25, 0.3) is 0 Å². The molecule has 1 saturated carbocycles. The Balaban J connectivity index is 2.28. The molecule has 0 spiro atoms. The van der Waals surface area contributed by atoms with Gasteiger partial charge in [0.05, 0.1) is 23.0 Å². The van der Waals surface area contributed by atoms with Gasteiger partial charge in [-0.1, -0.05) is 19.1 Å². The standard InChI is InChI=1S/C25H37N3O/c1-8-20(16-26)13-12-19(2)28(17-21-10-9-11-21)18-23(27-7)22-14-24(3,4)29-25(5,6)15-22/h8,12-13,18,21-22H,2,7,9-11,14-15,17H2,1,3-6H3/b13-12-,20-8+,23-18-. The number of nitrogens with zero attached hydrogens (tertiary/aromatic N) is 3. The van der Waals surface area contributed by atoms with Gasteiger partial charge >= 0.3 is 0 Å². The van der Waals surface area contributed by atoms with Gasteiger partial charge in [0, 0.05) is 29.9 Å². The van der Waals surface area contributed by atoms with Crippen molar-refractivity contribution in [2.24, 2.45) is 16.8 Å². The second-order valence-electron chi connectivity index (χ2n) is 9.57. The summed E-state index contributed by atoms with van der Waals surface area (Å²) in [5, 5.41) is 9.16. The highest BCUT2D eigenvalue weighted by Gasteiger charge is 2.40. The topological polar surface area (TPSA) is 48.6 Å². The molecule has 0 atom stereocenters. The largest absolute Gasteiger partial charge is 0.370 e. The molecule has 2 fully saturated rings. The van der Waals surface area contributed by atoms with Crippen molar-refractivity contribution in [3.05, 3.63) is 48.0 Å². The lowest BCUT2D eigenvalue weighted by atomic mass is 9.79. The third-order valence-corrected chi connectivity index (χ3v) is 5.86. The van der Waals surface area contributed by atoms with Crippen LogP contribution in [0.2, 0.25) is 0 Å². The first kappa shape index (κ1) is 23.2. The second-order valence-corrected chi connectivity index (χ2v) is 9.57. The first-order chi connectivity index (χ1) is 13.6. The normalized spacial score (nSPS) is 22.8. The molecule has 0 amide bonds. The van der Waals surface area contributed by atoms with Crippen LogP contribution >= 0.6 is 0 Å². The van der Waals surface area contributed by atoms with Crippen molar-refractivity contribution in [1.29, 1.82) is 5.26 Å². The summed E-state index contributed by atoms with van der Waals surface area (Å²) in [5.74, 6) is 0.972. The van der Waals surface area contributed by atoms with Crippen LogP contribution in [0.5, 0.6) is 0 Å². The van der Waals surface area contributed by atoms with Gasteiger partial charge in [-0.25, -0.2) is 0 Å². The molecule has 158 valence electrons. The summed E-state index contributed by atoms with van der Waals surface area (Å²) >= 11 is 0. The monoisotopic (exact) mass is 395 g/mol. The number of ether oxygens (including phenoxy) is 1. The molecule has 0 bridgehead atoms. The molecular formula is C25H37N3O. The summed E-state index contributed by atoms with van der Waals surface area (Å²) in [4.78, 5) is 6.63. The van der Waals surface area contributed by atoms with Crippen LogP contribution in [0.15, 0.2) is 53.0 Å². The van der Waals surface area contributed by atoms with E-state index in [1.165, 1.54) is 19.3 Å². The van der Waals surface area contributed by atoms with E-state index in [-0.39, 0.29) is 17.1 Å². The quantitative estimate of drug-likeness (QED) is 0.281. The molecule has 1 aliphatic carbocycles. The molecule has 1 saturated heterocycles. The third kappa shape index (κ3) is 6.72. The molecular weight excluding hydrogens is 358 g/mol. The van der Waals surface area contributed by atoms with E-state index in [0.29, 0.717) is 11.5 Å². The number of aliphatic imine (C=N–C) groups is 1. The molecule has 4 nitrogen and oxygen atoms in total. The van der Waals surface area contributed by atoms with Gasteiger partial charge in [-0.3, -0.25) is 4.99 Å². The number of allylic oxidation sites excluding steroid dienone is 5. The molecule has 0 aromatic carbocycles. The Hall–Kier alpha value is -2.12. The van der Waals surface area contributed by atoms with Crippen molar-refractivity contribution in [2.45, 2.75) is 77.9 Å². The Bertz CT molecular complexity index is 729. The average Bonchev–Trinajstić information content (AvgIpc) is 2.58. The van der Waals surface area contributed by atoms with Crippen molar-refractivity contribution in [3.8, 4) is 6.07 Å². The van der Waals surface area contributed by atoms with Crippen LogP contribution in [0.3, 0.4) is 0 Å². The van der Waals surface area contributed by atoms with Gasteiger partial charge in [-0.15, -0.1) is 0 Å². The van der Waals surface area contributed by atoms with Crippen LogP contribution in [0, 0.1) is 23.2 Å². The lowest BCUT2D eigenvalue weighted by Crippen LogP contribution is -2.45. The lowest BCUT2D eigenvalue weighted by molar-refractivity contribution is -0.167. The second kappa shape index (κ2) is 9.59. The van der Waals surface area contributed by atoms with Gasteiger partial charge in [0.15, 0.2) is 0 Å². The molecule has 2 rings (SSSR count). The van der Waals surface area contributed by atoms with Crippen LogP contribution in [0.4, 0.5) is 0 Å². The molecule has 4 heteroatoms. The summed E-state index contributed by atoms with van der Waals surface area (Å²) in [5.41, 5.74) is 2.11. The minimum absolute atomic E-state index is 0.195. The number of hydrogen-bond acceptors (Lipinski definition) is 4. The molecule has 2 aliphatic rings. The van der Waals surface area contributed by atoms with Crippen LogP contribution in [0.25, 0.3) is 0 Å². The predicted octanol–water partition coefficient (Wildman–Crippen LogP) is 6.15. The highest BCUT2D eigenvalue weighted by Crippen LogP contribution is 2.42. The van der Waals surface area contributed by atoms with Gasteiger partial charge in [-0.05, 0) is 85.1 Å². The summed E-state index contributed by atoms with van der Waals surface area (Å²) in [6, 6.07) is 2.19. The third-order valence-electron chi connectivity index (χ3n) is 5.86. The minimum atomic E-state index is -0.195. The van der Waals surface area contributed by atoms with E-state index < -0.39 is 0 Å². The Kier molecular flexibility index (Phi) is 7.66. The van der Waals surface area contributed by atoms with Gasteiger partial charge in [0.2, 0.25) is 0 Å². The molecule has 0 N–H and O–H groups in total. The summed E-state index contributed by atoms with van der Waals surface area (Å²) in [6.07, 6.45) is 13.3. The van der Waals surface area contributed by atoms with Crippen molar-refractivity contribution in [2.75, 3.05) is 6.54 Å². The summed E-state index contributed by atoms with van der Waals surface area (Å²) in [6.45, 7) is 19.5. The van der Waals surface area contributed by atoms with Crippen molar-refractivity contribution < 1.29 is 4.74 Å². The fourth-order valence-electron chi connectivity index (χ4n) is 4.42. The van der Waals surface area contributed by atoms with Crippen LogP contribution < -0.4 is 0 Å². The molecule has 1 aliphatic heterocycles. The average molecular weight is 396 g/mol. The summed E-state index contributed by atoms with van der Waals surface area (Å²) < 4.78 is 6.25. The first-order valence-electron chi connectivity index (χ1n) is 10.7. The zero-order valence-corrected chi connectivity index (χ0v) is 18.9. The fraction of sp³-hybridized carbons (Fsp3) is 0.600. The van der Waals surface area contributed by atoms with Crippen molar-refractivity contribution in [1.82, 2.24) is 4.90 Å². The number of nitriles is 1. The molecule has 0 unspecified atom stereocenters. The van der Waals surface area contributed by atoms with E-state index in [1.807, 2.05) is 19.1 Å². The maximum Gasteiger partial charge on any atom is 0.0988 e. The van der Waals surface area contributed by atoms with E-state index in [1.54, 1.807) is 6.08 Å². The van der Waals surface area contributed by atoms with E-state index in [2.05, 4.69) is 63.2 Å². The van der Waals surface area contributed by atoms with E-state index in [9.17, 15) is 0 Å². The van der Waals surface area contributed by atoms with Gasteiger partial charge < -0.3 is 9.64 Å². The Morgan fingerprint density at radius 1 is 1.21 bits per heavy atom. The predicted molar refractivity (Wildman–Crippen MR) is 121 cm³/mol. The van der Waals surface area contributed by atoms with Crippen LogP contribution in [-0.4, -0.2) is 29.4 Å². The summed E-state index contributed by atoms with van der Waals surface area (Å²) in [7, 11) is 0. The Morgan fingerprint density at radius 2 is 1.83 bits per heavy atom. The van der Waals surface area contributed by atoms with Gasteiger partial charge in [-0.2, -0.15) is 5.26 Å². The first-order valence-corrected chi connectivity index (χ1v) is 10.7. The van der Waals surface area contributed by atoms with Crippen molar-refractivity contribution in [3.63, 3.8) is 0 Å². The maximum absolute atomic E-state index is 9.16. The zero-order valence-electron chi connectivity index (χ0n) is 18.9. The molecule has 1 heterocycles. The van der Waals surface area contributed by atoms with E-state index in [0.717, 1.165) is 30.8 Å². The fourth-order valence-corrected chi connectivity index (χ4v) is 4.42. The Morgan fingerprint density at radius 3 is 2.28 bits per heavy atom. The van der Waals surface area contributed by atoms with Crippen LogP contribution in [0.1, 0.15) is 66.7 Å². The SMILES string of the molecule is C=N/C(=C\N(CC1CCC1)C(=C)/C=C\C(C#N)=C/C)C1CC(C)(C)OC(C)(C)C1. The minimum Gasteiger partial charge on any atom is -0.370 e. The molecule has 0 aromatic heterocycles. The molecule has 0 radical (unpaired) electrons. The van der Waals surface area contributed by atoms with Gasteiger partial charge in [0.1, 0.15) is 0 Å². The van der Waals surface area contributed by atoms with Crippen LogP contribution in [-0.2, 0) is 4.74 Å².